The second-order valence-electron chi connectivity index (χ2n) is 6.30. The number of carbonyl (C=O) groups excluding carboxylic acids is 1. The van der Waals surface area contributed by atoms with E-state index in [2.05, 4.69) is 0 Å². The summed E-state index contributed by atoms with van der Waals surface area (Å²) in [6, 6.07) is 17.3. The number of rotatable bonds is 4. The number of nitrogens with two attached hydrogens (primary N) is 1. The van der Waals surface area contributed by atoms with Crippen molar-refractivity contribution in [3.05, 3.63) is 60.3 Å². The first kappa shape index (κ1) is 15.4. The largest absolute Gasteiger partial charge is 0.407 e. The van der Waals surface area contributed by atoms with Crippen molar-refractivity contribution in [2.45, 2.75) is 25.7 Å². The van der Waals surface area contributed by atoms with Crippen molar-refractivity contribution in [3.8, 4) is 22.7 Å². The fourth-order valence-corrected chi connectivity index (χ4v) is 2.96. The van der Waals surface area contributed by atoms with Gasteiger partial charge in [-0.15, -0.1) is 0 Å². The van der Waals surface area contributed by atoms with E-state index in [9.17, 15) is 4.79 Å². The highest BCUT2D eigenvalue weighted by Crippen LogP contribution is 2.47. The highest BCUT2D eigenvalue weighted by Gasteiger charge is 2.33. The maximum atomic E-state index is 11.7. The lowest BCUT2D eigenvalue weighted by Gasteiger charge is -2.09. The Morgan fingerprint density at radius 1 is 1.12 bits per heavy atom. The van der Waals surface area contributed by atoms with Crippen LogP contribution >= 0.6 is 0 Å². The fourth-order valence-electron chi connectivity index (χ4n) is 2.96. The van der Waals surface area contributed by atoms with Crippen molar-refractivity contribution in [2.24, 2.45) is 0 Å². The first-order valence-electron chi connectivity index (χ1n) is 8.36. The number of nitrogens with zero attached hydrogens (tertiary/aromatic N) is 2. The summed E-state index contributed by atoms with van der Waals surface area (Å²) in [7, 11) is 0. The van der Waals surface area contributed by atoms with E-state index in [0.29, 0.717) is 17.5 Å². The molecular weight excluding hydrogens is 314 g/mol. The van der Waals surface area contributed by atoms with Gasteiger partial charge in [-0.25, -0.2) is 0 Å². The highest BCUT2D eigenvalue weighted by atomic mass is 16.5. The van der Waals surface area contributed by atoms with Crippen molar-refractivity contribution >= 4 is 11.7 Å². The summed E-state index contributed by atoms with van der Waals surface area (Å²) in [5.74, 6) is 0.508. The monoisotopic (exact) mass is 333 g/mol. The van der Waals surface area contributed by atoms with Crippen LogP contribution in [-0.2, 0) is 4.79 Å². The average Bonchev–Trinajstić information content (AvgIpc) is 3.39. The summed E-state index contributed by atoms with van der Waals surface area (Å²) < 4.78 is 7.33. The third-order valence-corrected chi connectivity index (χ3v) is 4.27. The quantitative estimate of drug-likeness (QED) is 0.580. The number of aromatic nitrogens is 2. The van der Waals surface area contributed by atoms with Crippen LogP contribution in [-0.4, -0.2) is 15.7 Å². The lowest BCUT2D eigenvalue weighted by Crippen LogP contribution is -2.08. The van der Waals surface area contributed by atoms with Gasteiger partial charge in [0.15, 0.2) is 0 Å². The molecule has 25 heavy (non-hydrogen) atoms. The number of hydrogen-bond acceptors (Lipinski definition) is 4. The van der Waals surface area contributed by atoms with Gasteiger partial charge in [0, 0.05) is 18.5 Å². The number of anilines is 1. The summed E-state index contributed by atoms with van der Waals surface area (Å²) in [6.45, 7) is 1.41. The predicted molar refractivity (Wildman–Crippen MR) is 96.7 cm³/mol. The molecule has 1 saturated carbocycles. The van der Waals surface area contributed by atoms with Crippen molar-refractivity contribution in [3.63, 3.8) is 0 Å². The zero-order valence-electron chi connectivity index (χ0n) is 14.0. The van der Waals surface area contributed by atoms with Crippen molar-refractivity contribution < 1.29 is 9.53 Å². The first-order valence-corrected chi connectivity index (χ1v) is 8.36. The molecule has 0 bridgehead atoms. The van der Waals surface area contributed by atoms with Crippen LogP contribution in [0.3, 0.4) is 0 Å². The summed E-state index contributed by atoms with van der Waals surface area (Å²) >= 11 is 0. The fraction of sp³-hybridized carbons (Fsp3) is 0.200. The normalized spacial score (nSPS) is 13.6. The number of nitrogen functional groups attached to an aromatic ring is 1. The number of ether oxygens (including phenoxy) is 1. The van der Waals surface area contributed by atoms with E-state index in [-0.39, 0.29) is 5.97 Å². The summed E-state index contributed by atoms with van der Waals surface area (Å²) in [5.41, 5.74) is 10.2. The van der Waals surface area contributed by atoms with E-state index < -0.39 is 0 Å². The maximum Gasteiger partial charge on any atom is 0.309 e. The van der Waals surface area contributed by atoms with E-state index in [1.165, 1.54) is 6.92 Å². The molecule has 1 heterocycles. The van der Waals surface area contributed by atoms with Crippen LogP contribution in [0.25, 0.3) is 16.8 Å². The Labute approximate surface area is 146 Å². The molecule has 0 saturated heterocycles. The third kappa shape index (κ3) is 3.01. The lowest BCUT2D eigenvalue weighted by molar-refractivity contribution is -0.132. The molecular formula is C20H19N3O2. The van der Waals surface area contributed by atoms with Gasteiger partial charge in [0.1, 0.15) is 0 Å². The Balaban J connectivity index is 1.95. The second kappa shape index (κ2) is 6.09. The molecule has 0 radical (unpaired) electrons. The van der Waals surface area contributed by atoms with Crippen LogP contribution in [0, 0.1) is 0 Å². The van der Waals surface area contributed by atoms with Crippen LogP contribution in [0.1, 0.15) is 31.4 Å². The number of para-hydroxylation sites is 1. The number of benzene rings is 2. The van der Waals surface area contributed by atoms with E-state index in [1.54, 1.807) is 4.68 Å². The zero-order valence-corrected chi connectivity index (χ0v) is 14.0. The third-order valence-electron chi connectivity index (χ3n) is 4.27. The summed E-state index contributed by atoms with van der Waals surface area (Å²) in [4.78, 5) is 11.7. The van der Waals surface area contributed by atoms with E-state index in [4.69, 9.17) is 15.6 Å². The Morgan fingerprint density at radius 2 is 1.80 bits per heavy atom. The van der Waals surface area contributed by atoms with Gasteiger partial charge in [-0.1, -0.05) is 30.3 Å². The molecule has 0 amide bonds. The molecule has 5 heteroatoms. The van der Waals surface area contributed by atoms with Crippen LogP contribution in [0.4, 0.5) is 5.69 Å². The topological polar surface area (TPSA) is 70.1 Å². The summed E-state index contributed by atoms with van der Waals surface area (Å²) in [5, 5.41) is 4.80. The molecule has 3 aromatic rings. The van der Waals surface area contributed by atoms with Gasteiger partial charge < -0.3 is 10.5 Å². The minimum absolute atomic E-state index is 0.365. The molecule has 1 aliphatic rings. The SMILES string of the molecule is CC(=O)Oc1c(-c2ccc(N)cc2)c(C2CC2)nn1-c1ccccc1. The average molecular weight is 333 g/mol. The predicted octanol–water partition coefficient (Wildman–Crippen LogP) is 3.92. The van der Waals surface area contributed by atoms with E-state index >= 15 is 0 Å². The Hall–Kier alpha value is -3.08. The molecule has 0 aliphatic heterocycles. The van der Waals surface area contributed by atoms with Crippen LogP contribution in [0.5, 0.6) is 5.88 Å². The number of hydrogen-bond donors (Lipinski definition) is 1. The van der Waals surface area contributed by atoms with Crippen molar-refractivity contribution in [1.29, 1.82) is 0 Å². The van der Waals surface area contributed by atoms with Crippen LogP contribution in [0.15, 0.2) is 54.6 Å². The Bertz CT molecular complexity index is 910. The van der Waals surface area contributed by atoms with Gasteiger partial charge in [0.25, 0.3) is 0 Å². The molecule has 1 aliphatic carbocycles. The van der Waals surface area contributed by atoms with Gasteiger partial charge in [0.05, 0.1) is 16.9 Å². The molecule has 0 spiro atoms. The zero-order chi connectivity index (χ0) is 17.4. The molecule has 5 nitrogen and oxygen atoms in total. The van der Waals surface area contributed by atoms with Gasteiger partial charge >= 0.3 is 5.97 Å². The van der Waals surface area contributed by atoms with Gasteiger partial charge in [-0.05, 0) is 42.7 Å². The number of esters is 1. The van der Waals surface area contributed by atoms with Crippen LogP contribution < -0.4 is 10.5 Å². The number of carbonyl (C=O) groups is 1. The smallest absolute Gasteiger partial charge is 0.309 e. The second-order valence-corrected chi connectivity index (χ2v) is 6.30. The minimum Gasteiger partial charge on any atom is -0.407 e. The summed E-state index contributed by atoms with van der Waals surface area (Å²) in [6.07, 6.45) is 2.21. The van der Waals surface area contributed by atoms with E-state index in [1.807, 2.05) is 54.6 Å². The maximum absolute atomic E-state index is 11.7. The molecule has 126 valence electrons. The Kier molecular flexibility index (Phi) is 3.76. The van der Waals surface area contributed by atoms with Gasteiger partial charge in [-0.3, -0.25) is 4.79 Å². The molecule has 4 rings (SSSR count). The van der Waals surface area contributed by atoms with Gasteiger partial charge in [-0.2, -0.15) is 9.78 Å². The molecule has 1 fully saturated rings. The highest BCUT2D eigenvalue weighted by molar-refractivity contribution is 5.79. The molecule has 2 aromatic carbocycles. The molecule has 2 N–H and O–H groups in total. The minimum atomic E-state index is -0.365. The first-order chi connectivity index (χ1) is 12.1. The molecule has 0 atom stereocenters. The standard InChI is InChI=1S/C20H19N3O2/c1-13(24)25-20-18(14-9-11-16(21)12-10-14)19(15-7-8-15)22-23(20)17-5-3-2-4-6-17/h2-6,9-12,15H,7-8,21H2,1H3. The Morgan fingerprint density at radius 3 is 2.40 bits per heavy atom. The van der Waals surface area contributed by atoms with Crippen LogP contribution in [0.2, 0.25) is 0 Å². The van der Waals surface area contributed by atoms with Crippen molar-refractivity contribution in [1.82, 2.24) is 9.78 Å². The molecule has 0 unspecified atom stereocenters. The molecule has 1 aromatic heterocycles. The lowest BCUT2D eigenvalue weighted by atomic mass is 10.0. The van der Waals surface area contributed by atoms with E-state index in [0.717, 1.165) is 35.3 Å². The van der Waals surface area contributed by atoms with Crippen molar-refractivity contribution in [2.75, 3.05) is 5.73 Å². The van der Waals surface area contributed by atoms with Gasteiger partial charge in [0.2, 0.25) is 5.88 Å².